The lowest BCUT2D eigenvalue weighted by Gasteiger charge is -2.11. The van der Waals surface area contributed by atoms with Gasteiger partial charge >= 0.3 is 6.18 Å². The Morgan fingerprint density at radius 2 is 1.68 bits per heavy atom. The third-order valence-electron chi connectivity index (χ3n) is 2.45. The predicted octanol–water partition coefficient (Wildman–Crippen LogP) is 3.49. The standard InChI is InChI=1S/C12H16F3NO2S/c1-9(2)7-8-19(17,18)16-11-5-3-10(4-6-11)12(13,14)15/h3-6,9,16H,7-8H2,1-2H3. The van der Waals surface area contributed by atoms with Crippen molar-refractivity contribution in [1.82, 2.24) is 0 Å². The molecule has 0 aliphatic heterocycles. The smallest absolute Gasteiger partial charge is 0.284 e. The van der Waals surface area contributed by atoms with Gasteiger partial charge < -0.3 is 0 Å². The number of benzene rings is 1. The second kappa shape index (κ2) is 5.81. The van der Waals surface area contributed by atoms with Gasteiger partial charge in [-0.05, 0) is 36.6 Å². The Morgan fingerprint density at radius 3 is 2.11 bits per heavy atom. The summed E-state index contributed by atoms with van der Waals surface area (Å²) in [5, 5.41) is 0. The van der Waals surface area contributed by atoms with Gasteiger partial charge in [-0.25, -0.2) is 8.42 Å². The van der Waals surface area contributed by atoms with Gasteiger partial charge in [0.15, 0.2) is 0 Å². The molecule has 0 aromatic heterocycles. The Morgan fingerprint density at radius 1 is 1.16 bits per heavy atom. The lowest BCUT2D eigenvalue weighted by Crippen LogP contribution is -2.18. The highest BCUT2D eigenvalue weighted by atomic mass is 32.2. The first-order valence-corrected chi connectivity index (χ1v) is 7.43. The number of halogens is 3. The fraction of sp³-hybridized carbons (Fsp3) is 0.500. The Balaban J connectivity index is 2.73. The molecule has 0 spiro atoms. The molecule has 1 rings (SSSR count). The van der Waals surface area contributed by atoms with Crippen LogP contribution in [0.5, 0.6) is 0 Å². The van der Waals surface area contributed by atoms with Crippen molar-refractivity contribution in [2.75, 3.05) is 10.5 Å². The van der Waals surface area contributed by atoms with E-state index in [4.69, 9.17) is 0 Å². The zero-order valence-electron chi connectivity index (χ0n) is 10.7. The molecule has 19 heavy (non-hydrogen) atoms. The average Bonchev–Trinajstić information content (AvgIpc) is 2.25. The van der Waals surface area contributed by atoms with Gasteiger partial charge in [-0.3, -0.25) is 4.72 Å². The van der Waals surface area contributed by atoms with Crippen molar-refractivity contribution in [3.63, 3.8) is 0 Å². The second-order valence-corrected chi connectivity index (χ2v) is 6.52. The summed E-state index contributed by atoms with van der Waals surface area (Å²) in [4.78, 5) is 0. The topological polar surface area (TPSA) is 46.2 Å². The van der Waals surface area contributed by atoms with Crippen molar-refractivity contribution in [3.05, 3.63) is 29.8 Å². The van der Waals surface area contributed by atoms with Crippen molar-refractivity contribution in [1.29, 1.82) is 0 Å². The summed E-state index contributed by atoms with van der Waals surface area (Å²) in [7, 11) is -3.51. The van der Waals surface area contributed by atoms with Crippen LogP contribution < -0.4 is 4.72 Å². The summed E-state index contributed by atoms with van der Waals surface area (Å²) in [6.07, 6.45) is -3.93. The lowest BCUT2D eigenvalue weighted by atomic mass is 10.2. The fourth-order valence-corrected chi connectivity index (χ4v) is 2.73. The molecule has 0 saturated heterocycles. The molecule has 0 radical (unpaired) electrons. The summed E-state index contributed by atoms with van der Waals surface area (Å²) in [5.74, 6) is 0.190. The Labute approximate surface area is 110 Å². The van der Waals surface area contributed by atoms with Crippen LogP contribution in [0.15, 0.2) is 24.3 Å². The first-order chi connectivity index (χ1) is 8.60. The van der Waals surface area contributed by atoms with Crippen LogP contribution >= 0.6 is 0 Å². The number of anilines is 1. The van der Waals surface area contributed by atoms with Gasteiger partial charge in [0, 0.05) is 5.69 Å². The van der Waals surface area contributed by atoms with Crippen molar-refractivity contribution in [2.24, 2.45) is 5.92 Å². The molecular weight excluding hydrogens is 279 g/mol. The summed E-state index contributed by atoms with van der Waals surface area (Å²) in [6.45, 7) is 3.79. The number of sulfonamides is 1. The average molecular weight is 295 g/mol. The maximum Gasteiger partial charge on any atom is 0.416 e. The maximum absolute atomic E-state index is 12.3. The third kappa shape index (κ3) is 5.50. The Hall–Kier alpha value is -1.24. The molecule has 0 saturated carbocycles. The van der Waals surface area contributed by atoms with Crippen molar-refractivity contribution >= 4 is 15.7 Å². The summed E-state index contributed by atoms with van der Waals surface area (Å²) in [6, 6.07) is 3.91. The second-order valence-electron chi connectivity index (χ2n) is 4.68. The van der Waals surface area contributed by atoms with E-state index in [2.05, 4.69) is 4.72 Å². The molecule has 0 heterocycles. The van der Waals surface area contributed by atoms with Crippen molar-refractivity contribution in [3.8, 4) is 0 Å². The number of hydrogen-bond acceptors (Lipinski definition) is 2. The summed E-state index contributed by atoms with van der Waals surface area (Å²) >= 11 is 0. The van der Waals surface area contributed by atoms with E-state index in [9.17, 15) is 21.6 Å². The Kier molecular flexibility index (Phi) is 4.84. The largest absolute Gasteiger partial charge is 0.416 e. The molecule has 3 nitrogen and oxygen atoms in total. The quantitative estimate of drug-likeness (QED) is 0.903. The van der Waals surface area contributed by atoms with Gasteiger partial charge in [0.05, 0.1) is 11.3 Å². The van der Waals surface area contributed by atoms with Crippen LogP contribution in [0, 0.1) is 5.92 Å². The number of hydrogen-bond donors (Lipinski definition) is 1. The van der Waals surface area contributed by atoms with E-state index in [1.54, 1.807) is 0 Å². The molecule has 108 valence electrons. The van der Waals surface area contributed by atoms with Gasteiger partial charge in [-0.1, -0.05) is 13.8 Å². The zero-order valence-corrected chi connectivity index (χ0v) is 11.5. The molecule has 0 unspecified atom stereocenters. The highest BCUT2D eigenvalue weighted by Gasteiger charge is 2.30. The van der Waals surface area contributed by atoms with Crippen molar-refractivity contribution < 1.29 is 21.6 Å². The van der Waals surface area contributed by atoms with Gasteiger partial charge in [-0.15, -0.1) is 0 Å². The zero-order chi connectivity index (χ0) is 14.7. The molecule has 7 heteroatoms. The minimum Gasteiger partial charge on any atom is -0.284 e. The highest BCUT2D eigenvalue weighted by molar-refractivity contribution is 7.92. The normalized spacial score (nSPS) is 12.7. The van der Waals surface area contributed by atoms with Gasteiger partial charge in [-0.2, -0.15) is 13.2 Å². The van der Waals surface area contributed by atoms with E-state index in [-0.39, 0.29) is 17.4 Å². The van der Waals surface area contributed by atoms with Crippen LogP contribution in [0.3, 0.4) is 0 Å². The molecule has 0 bridgehead atoms. The van der Waals surface area contributed by atoms with E-state index in [0.29, 0.717) is 6.42 Å². The van der Waals surface area contributed by atoms with Crippen molar-refractivity contribution in [2.45, 2.75) is 26.4 Å². The molecule has 1 N–H and O–H groups in total. The molecule has 0 amide bonds. The molecule has 0 aliphatic rings. The molecule has 1 aromatic rings. The number of alkyl halides is 3. The highest BCUT2D eigenvalue weighted by Crippen LogP contribution is 2.29. The lowest BCUT2D eigenvalue weighted by molar-refractivity contribution is -0.137. The van der Waals surface area contributed by atoms with Crippen LogP contribution in [0.1, 0.15) is 25.8 Å². The molecular formula is C12H16F3NO2S. The van der Waals surface area contributed by atoms with Crippen LogP contribution in [0.25, 0.3) is 0 Å². The van der Waals surface area contributed by atoms with Gasteiger partial charge in [0.2, 0.25) is 10.0 Å². The van der Waals surface area contributed by atoms with E-state index in [1.165, 1.54) is 0 Å². The Bertz CT molecular complexity index is 507. The number of rotatable bonds is 5. The van der Waals surface area contributed by atoms with Gasteiger partial charge in [0.25, 0.3) is 0 Å². The number of nitrogens with one attached hydrogen (secondary N) is 1. The monoisotopic (exact) mass is 295 g/mol. The molecule has 0 aliphatic carbocycles. The molecule has 0 atom stereocenters. The molecule has 1 aromatic carbocycles. The third-order valence-corrected chi connectivity index (χ3v) is 3.77. The van der Waals surface area contributed by atoms with Crippen LogP contribution in [-0.2, 0) is 16.2 Å². The molecule has 0 fully saturated rings. The summed E-state index contributed by atoms with van der Waals surface area (Å²) < 4.78 is 62.5. The van der Waals surface area contributed by atoms with Gasteiger partial charge in [0.1, 0.15) is 0 Å². The van der Waals surface area contributed by atoms with E-state index >= 15 is 0 Å². The summed E-state index contributed by atoms with van der Waals surface area (Å²) in [5.41, 5.74) is -0.672. The van der Waals surface area contributed by atoms with Crippen LogP contribution in [-0.4, -0.2) is 14.2 Å². The van der Waals surface area contributed by atoms with Crippen LogP contribution in [0.2, 0.25) is 0 Å². The predicted molar refractivity (Wildman–Crippen MR) is 68.3 cm³/mol. The van der Waals surface area contributed by atoms with E-state index in [0.717, 1.165) is 24.3 Å². The maximum atomic E-state index is 12.3. The van der Waals surface area contributed by atoms with E-state index < -0.39 is 21.8 Å². The minimum absolute atomic E-state index is 0.0499. The first-order valence-electron chi connectivity index (χ1n) is 5.78. The van der Waals surface area contributed by atoms with Crippen LogP contribution in [0.4, 0.5) is 18.9 Å². The minimum atomic E-state index is -4.42. The SMILES string of the molecule is CC(C)CCS(=O)(=O)Nc1ccc(C(F)(F)F)cc1. The van der Waals surface area contributed by atoms with E-state index in [1.807, 2.05) is 13.8 Å². The first kappa shape index (κ1) is 15.8. The fourth-order valence-electron chi connectivity index (χ4n) is 1.35.